The molecule has 416 valence electrons. The Morgan fingerprint density at radius 1 is 0.646 bits per heavy atom. The number of aromatic nitrogens is 3. The van der Waals surface area contributed by atoms with Crippen LogP contribution in [0.2, 0.25) is 0 Å². The molecule has 3 aliphatic heterocycles. The van der Waals surface area contributed by atoms with Crippen molar-refractivity contribution in [2.24, 2.45) is 0 Å². The zero-order valence-corrected chi connectivity index (χ0v) is 46.3. The number of benzene rings is 4. The van der Waals surface area contributed by atoms with E-state index in [2.05, 4.69) is 28.2 Å². The summed E-state index contributed by atoms with van der Waals surface area (Å²) in [4.78, 5) is 80.8. The van der Waals surface area contributed by atoms with Gasteiger partial charge in [0.25, 0.3) is 5.56 Å². The first-order chi connectivity index (χ1) is 38.5. The highest BCUT2D eigenvalue weighted by Gasteiger charge is 2.44. The summed E-state index contributed by atoms with van der Waals surface area (Å²) in [6.07, 6.45) is 14.4. The molecule has 2 aliphatic carbocycles. The first kappa shape index (κ1) is 54.1. The fourth-order valence-electron chi connectivity index (χ4n) is 14.0. The molecule has 1 N–H and O–H groups in total. The molecule has 2 saturated carbocycles. The third kappa shape index (κ3) is 11.4. The van der Waals surface area contributed by atoms with Crippen LogP contribution >= 0.6 is 0 Å². The average molecular weight is 1070 g/mol. The fraction of sp³-hybridized carbons (Fsp3) is 0.500. The van der Waals surface area contributed by atoms with E-state index in [0.29, 0.717) is 69.0 Å². The highest BCUT2D eigenvalue weighted by Crippen LogP contribution is 2.42. The van der Waals surface area contributed by atoms with E-state index < -0.39 is 16.9 Å². The van der Waals surface area contributed by atoms with Crippen molar-refractivity contribution in [3.63, 3.8) is 0 Å². The second-order valence-corrected chi connectivity index (χ2v) is 23.4. The Morgan fingerprint density at radius 2 is 1.23 bits per heavy atom. The Bertz CT molecular complexity index is 3180. The molecule has 0 radical (unpaired) electrons. The number of nitrogens with one attached hydrogen (secondary N) is 1. The number of aryl methyl sites for hydroxylation is 1. The number of urea groups is 1. The average Bonchev–Trinajstić information content (AvgIpc) is 4.02. The summed E-state index contributed by atoms with van der Waals surface area (Å²) in [5.74, 6) is -0.744. The number of pyridine rings is 1. The summed E-state index contributed by atoms with van der Waals surface area (Å²) in [6, 6.07) is 33.1. The van der Waals surface area contributed by atoms with Crippen LogP contribution < -0.4 is 10.9 Å². The Morgan fingerprint density at radius 3 is 1.85 bits per heavy atom. The van der Waals surface area contributed by atoms with Gasteiger partial charge in [-0.15, -0.1) is 0 Å². The van der Waals surface area contributed by atoms with E-state index >= 15 is 0 Å². The molecular weight excluding hydrogens is 993 g/mol. The number of ether oxygens (including phenoxy) is 2. The Balaban J connectivity index is 0.785. The van der Waals surface area contributed by atoms with Crippen LogP contribution in [-0.4, -0.2) is 129 Å². The number of piperidine rings is 2. The van der Waals surface area contributed by atoms with Crippen LogP contribution in [0.4, 0.5) is 4.79 Å². The summed E-state index contributed by atoms with van der Waals surface area (Å²) < 4.78 is 15.6. The van der Waals surface area contributed by atoms with E-state index in [-0.39, 0.29) is 55.2 Å². The summed E-state index contributed by atoms with van der Waals surface area (Å²) in [6.45, 7) is 7.52. The number of hydrogen-bond acceptors (Lipinski definition) is 10. The SMILES string of the molecule is Cc1cc(C[C@@H](NC(=O)N2CCC(c3cc4ccccc4n(COC(=O)C4(c5ccccc5)CCCCC4)c3=O)CC2)C(=O)N2CCN(C3CCN(C)CC3)CC2)cc2cnn(COC(=O)C3(c4ccccc4)CCCCC3)c12. The highest BCUT2D eigenvalue weighted by molar-refractivity contribution is 5.89. The number of carbonyl (C=O) groups excluding carboxylic acids is 4. The smallest absolute Gasteiger partial charge is 0.318 e. The van der Waals surface area contributed by atoms with E-state index in [1.165, 1.54) is 0 Å². The van der Waals surface area contributed by atoms with Gasteiger partial charge >= 0.3 is 18.0 Å². The van der Waals surface area contributed by atoms with Crippen LogP contribution in [0.1, 0.15) is 124 Å². The molecule has 5 fully saturated rings. The molecule has 11 rings (SSSR count). The molecule has 5 heterocycles. The number of amides is 3. The van der Waals surface area contributed by atoms with Gasteiger partial charge in [-0.2, -0.15) is 5.10 Å². The normalized spacial score (nSPS) is 20.0. The molecule has 4 aromatic carbocycles. The molecule has 0 bridgehead atoms. The van der Waals surface area contributed by atoms with Gasteiger partial charge in [0.1, 0.15) is 6.04 Å². The lowest BCUT2D eigenvalue weighted by Crippen LogP contribution is -2.59. The standard InChI is InChI=1S/C64H78N8O7/c1-46-39-47(40-50-43-65-72(57(46)50)45-79-61(76)64(29-15-6-16-30-64)52-20-9-4-10-21-52)41-55(59(74)69-37-35-68(36-38-69)53-25-31-67(2)32-26-53)66-62(77)70-33-23-48(24-34-70)54-42-49-17-11-12-22-56(49)71(58(54)73)44-78-60(75)63(27-13-5-14-28-63)51-18-7-3-8-19-51/h3-4,7-12,17-22,39-40,42-43,48,53,55H,5-6,13-16,23-38,41,44-45H2,1-2H3,(H,66,77)/t55-/m1/s1. The van der Waals surface area contributed by atoms with Gasteiger partial charge in [-0.25, -0.2) is 9.48 Å². The largest absolute Gasteiger partial charge is 0.443 e. The number of piperazine rings is 1. The molecule has 0 spiro atoms. The molecule has 15 heteroatoms. The first-order valence-corrected chi connectivity index (χ1v) is 29.3. The zero-order chi connectivity index (χ0) is 54.5. The fourth-order valence-corrected chi connectivity index (χ4v) is 14.0. The van der Waals surface area contributed by atoms with Crippen LogP contribution in [0.3, 0.4) is 0 Å². The van der Waals surface area contributed by atoms with Crippen molar-refractivity contribution < 1.29 is 28.7 Å². The molecule has 0 unspecified atom stereocenters. The number of carbonyl (C=O) groups is 4. The molecule has 2 aromatic heterocycles. The number of hydrogen-bond donors (Lipinski definition) is 1. The lowest BCUT2D eigenvalue weighted by molar-refractivity contribution is -0.157. The van der Waals surface area contributed by atoms with E-state index in [1.54, 1.807) is 20.3 Å². The highest BCUT2D eigenvalue weighted by atomic mass is 16.5. The van der Waals surface area contributed by atoms with E-state index in [1.807, 2.05) is 109 Å². The summed E-state index contributed by atoms with van der Waals surface area (Å²) in [7, 11) is 2.17. The van der Waals surface area contributed by atoms with Crippen LogP contribution in [-0.2, 0) is 54.6 Å². The Labute approximate surface area is 464 Å². The van der Waals surface area contributed by atoms with Crippen LogP contribution in [0.15, 0.2) is 114 Å². The number of nitrogens with zero attached hydrogens (tertiary/aromatic N) is 7. The van der Waals surface area contributed by atoms with Gasteiger partial charge in [-0.1, -0.05) is 123 Å². The van der Waals surface area contributed by atoms with E-state index in [4.69, 9.17) is 14.6 Å². The van der Waals surface area contributed by atoms with Crippen molar-refractivity contribution in [1.29, 1.82) is 0 Å². The summed E-state index contributed by atoms with van der Waals surface area (Å²) in [5.41, 5.74) is 4.37. The van der Waals surface area contributed by atoms with Gasteiger partial charge in [-0.3, -0.25) is 28.6 Å². The van der Waals surface area contributed by atoms with Crippen molar-refractivity contribution >= 4 is 45.7 Å². The molecule has 3 amide bonds. The topological polar surface area (TPSA) is 152 Å². The maximum atomic E-state index is 14.8. The van der Waals surface area contributed by atoms with Crippen LogP contribution in [0.25, 0.3) is 21.8 Å². The maximum absolute atomic E-state index is 14.8. The number of para-hydroxylation sites is 1. The maximum Gasteiger partial charge on any atom is 0.318 e. The number of fused-ring (bicyclic) bond motifs is 2. The van der Waals surface area contributed by atoms with Crippen molar-refractivity contribution in [3.8, 4) is 0 Å². The van der Waals surface area contributed by atoms with Gasteiger partial charge in [0.05, 0.1) is 28.1 Å². The van der Waals surface area contributed by atoms with Gasteiger partial charge in [0.15, 0.2) is 13.5 Å². The third-order valence-corrected chi connectivity index (χ3v) is 18.6. The van der Waals surface area contributed by atoms with E-state index in [9.17, 15) is 24.0 Å². The lowest BCUT2D eigenvalue weighted by Gasteiger charge is -2.43. The Kier molecular flexibility index (Phi) is 16.3. The molecule has 79 heavy (non-hydrogen) atoms. The third-order valence-electron chi connectivity index (χ3n) is 18.6. The molecule has 1 atom stereocenters. The van der Waals surface area contributed by atoms with Crippen LogP contribution in [0, 0.1) is 6.92 Å². The first-order valence-electron chi connectivity index (χ1n) is 29.3. The zero-order valence-electron chi connectivity index (χ0n) is 46.3. The summed E-state index contributed by atoms with van der Waals surface area (Å²) in [5, 5.41) is 9.66. The van der Waals surface area contributed by atoms with Gasteiger partial charge in [0.2, 0.25) is 5.91 Å². The number of rotatable bonds is 14. The van der Waals surface area contributed by atoms with Crippen molar-refractivity contribution in [2.45, 2.75) is 146 Å². The van der Waals surface area contributed by atoms with Gasteiger partial charge < -0.3 is 29.5 Å². The molecule has 6 aromatic rings. The number of likely N-dealkylation sites (tertiary alicyclic amines) is 2. The minimum absolute atomic E-state index is 0.0172. The molecule has 15 nitrogen and oxygen atoms in total. The number of esters is 2. The van der Waals surface area contributed by atoms with Gasteiger partial charge in [0, 0.05) is 62.7 Å². The van der Waals surface area contributed by atoms with Crippen molar-refractivity contribution in [3.05, 3.63) is 147 Å². The second kappa shape index (κ2) is 23.9. The minimum atomic E-state index is -0.831. The molecular formula is C64H78N8O7. The van der Waals surface area contributed by atoms with Crippen LogP contribution in [0.5, 0.6) is 0 Å². The van der Waals surface area contributed by atoms with Crippen molar-refractivity contribution in [2.75, 3.05) is 59.4 Å². The van der Waals surface area contributed by atoms with Gasteiger partial charge in [-0.05, 0) is 130 Å². The lowest BCUT2D eigenvalue weighted by atomic mass is 9.69. The molecule has 3 saturated heterocycles. The summed E-state index contributed by atoms with van der Waals surface area (Å²) >= 11 is 0. The molecule has 5 aliphatic rings. The predicted octanol–water partition coefficient (Wildman–Crippen LogP) is 9.20. The monoisotopic (exact) mass is 1070 g/mol. The van der Waals surface area contributed by atoms with Crippen molar-refractivity contribution in [1.82, 2.24) is 39.3 Å². The predicted molar refractivity (Wildman–Crippen MR) is 306 cm³/mol. The van der Waals surface area contributed by atoms with E-state index in [0.717, 1.165) is 129 Å². The second-order valence-electron chi connectivity index (χ2n) is 23.4. The minimum Gasteiger partial charge on any atom is -0.443 e. The quantitative estimate of drug-likeness (QED) is 0.105. The Hall–Kier alpha value is -6.84.